The van der Waals surface area contributed by atoms with Gasteiger partial charge in [0, 0.05) is 43.2 Å². The average molecular weight is 481 g/mol. The number of thioether (sulfide) groups is 1. The average Bonchev–Trinajstić information content (AvgIpc) is 3.20. The monoisotopic (exact) mass is 480 g/mol. The molecule has 8 heteroatoms. The Morgan fingerprint density at radius 1 is 1.15 bits per heavy atom. The maximum atomic E-state index is 6.24. The first-order chi connectivity index (χ1) is 16.0. The number of methoxy groups -OCH3 is 1. The number of hydrogen-bond donors (Lipinski definition) is 1. The number of benzene rings is 1. The van der Waals surface area contributed by atoms with Crippen molar-refractivity contribution in [2.75, 3.05) is 31.8 Å². The second-order valence-electron chi connectivity index (χ2n) is 8.80. The zero-order valence-electron chi connectivity index (χ0n) is 19.4. The SMILES string of the molecule is COCCCNc1nc(SC)nc2c1sc1nc(-c3ccccc3)c3c(c12)CC(C)(C)OC3. The van der Waals surface area contributed by atoms with Crippen LogP contribution >= 0.6 is 23.1 Å². The van der Waals surface area contributed by atoms with Crippen molar-refractivity contribution in [1.29, 1.82) is 0 Å². The van der Waals surface area contributed by atoms with Crippen molar-refractivity contribution in [3.05, 3.63) is 41.5 Å². The molecule has 1 N–H and O–H groups in total. The Balaban J connectivity index is 1.76. The van der Waals surface area contributed by atoms with Gasteiger partial charge in [0.2, 0.25) is 0 Å². The van der Waals surface area contributed by atoms with Crippen molar-refractivity contribution in [3.8, 4) is 11.3 Å². The smallest absolute Gasteiger partial charge is 0.189 e. The maximum Gasteiger partial charge on any atom is 0.189 e. The molecule has 6 nitrogen and oxygen atoms in total. The van der Waals surface area contributed by atoms with Crippen molar-refractivity contribution in [1.82, 2.24) is 15.0 Å². The standard InChI is InChI=1S/C25H28N4O2S2/c1-25(2)13-16-17(14-31-25)19(15-9-6-5-7-10-15)27-23-18(16)20-21(33-23)22(26-11-8-12-30-3)29-24(28-20)32-4/h5-7,9-10H,8,11-14H2,1-4H3,(H,26,28,29). The highest BCUT2D eigenvalue weighted by molar-refractivity contribution is 7.98. The van der Waals surface area contributed by atoms with Gasteiger partial charge in [-0.05, 0) is 32.1 Å². The number of pyridine rings is 1. The van der Waals surface area contributed by atoms with E-state index in [1.165, 1.54) is 11.1 Å². The number of thiophene rings is 1. The Bertz CT molecular complexity index is 1300. The van der Waals surface area contributed by atoms with Crippen LogP contribution in [0.4, 0.5) is 5.82 Å². The zero-order valence-corrected chi connectivity index (χ0v) is 21.0. The molecule has 4 aromatic rings. The van der Waals surface area contributed by atoms with E-state index in [1.54, 1.807) is 30.2 Å². The number of aromatic nitrogens is 3. The molecule has 0 amide bonds. The first-order valence-electron chi connectivity index (χ1n) is 11.1. The summed E-state index contributed by atoms with van der Waals surface area (Å²) in [6.45, 7) is 6.38. The Hall–Kier alpha value is -2.26. The summed E-state index contributed by atoms with van der Waals surface area (Å²) in [7, 11) is 1.73. The highest BCUT2D eigenvalue weighted by Crippen LogP contribution is 2.44. The van der Waals surface area contributed by atoms with Crippen LogP contribution in [-0.4, -0.2) is 47.1 Å². The first kappa shape index (κ1) is 22.5. The molecule has 0 aliphatic carbocycles. The van der Waals surface area contributed by atoms with Gasteiger partial charge in [-0.2, -0.15) is 0 Å². The van der Waals surface area contributed by atoms with E-state index >= 15 is 0 Å². The highest BCUT2D eigenvalue weighted by Gasteiger charge is 2.32. The van der Waals surface area contributed by atoms with Gasteiger partial charge in [0.1, 0.15) is 10.6 Å². The molecular formula is C25H28N4O2S2. The largest absolute Gasteiger partial charge is 0.385 e. The molecule has 1 aromatic carbocycles. The fourth-order valence-electron chi connectivity index (χ4n) is 4.32. The lowest BCUT2D eigenvalue weighted by Crippen LogP contribution is -2.32. The summed E-state index contributed by atoms with van der Waals surface area (Å²) in [6.07, 6.45) is 3.75. The predicted octanol–water partition coefficient (Wildman–Crippen LogP) is 5.93. The third-order valence-electron chi connectivity index (χ3n) is 5.92. The van der Waals surface area contributed by atoms with Crippen LogP contribution in [-0.2, 0) is 22.5 Å². The van der Waals surface area contributed by atoms with Crippen molar-refractivity contribution < 1.29 is 9.47 Å². The molecule has 0 atom stereocenters. The molecule has 3 aromatic heterocycles. The third-order valence-corrected chi connectivity index (χ3v) is 7.54. The van der Waals surface area contributed by atoms with Gasteiger partial charge >= 0.3 is 0 Å². The third kappa shape index (κ3) is 4.33. The van der Waals surface area contributed by atoms with Gasteiger partial charge in [0.05, 0.1) is 28.1 Å². The van der Waals surface area contributed by atoms with Gasteiger partial charge in [-0.25, -0.2) is 15.0 Å². The Labute approximate surface area is 202 Å². The molecule has 172 valence electrons. The van der Waals surface area contributed by atoms with Crippen LogP contribution < -0.4 is 5.32 Å². The van der Waals surface area contributed by atoms with Crippen molar-refractivity contribution in [2.45, 2.75) is 44.1 Å². The van der Waals surface area contributed by atoms with Gasteiger partial charge in [0.15, 0.2) is 5.16 Å². The summed E-state index contributed by atoms with van der Waals surface area (Å²) in [5.74, 6) is 0.879. The van der Waals surface area contributed by atoms with E-state index in [1.807, 2.05) is 12.3 Å². The predicted molar refractivity (Wildman–Crippen MR) is 137 cm³/mol. The summed E-state index contributed by atoms with van der Waals surface area (Å²) < 4.78 is 12.5. The van der Waals surface area contributed by atoms with Crippen LogP contribution in [0.1, 0.15) is 31.4 Å². The van der Waals surface area contributed by atoms with Crippen molar-refractivity contribution >= 4 is 49.3 Å². The molecule has 1 aliphatic heterocycles. The topological polar surface area (TPSA) is 69.2 Å². The second kappa shape index (κ2) is 9.18. The summed E-state index contributed by atoms with van der Waals surface area (Å²) >= 11 is 3.24. The number of anilines is 1. The van der Waals surface area contributed by atoms with Crippen molar-refractivity contribution in [2.24, 2.45) is 0 Å². The van der Waals surface area contributed by atoms with Crippen LogP contribution in [0.25, 0.3) is 31.7 Å². The van der Waals surface area contributed by atoms with E-state index < -0.39 is 0 Å². The summed E-state index contributed by atoms with van der Waals surface area (Å²) in [4.78, 5) is 15.9. The molecule has 0 spiro atoms. The summed E-state index contributed by atoms with van der Waals surface area (Å²) in [6, 6.07) is 10.4. The fourth-order valence-corrected chi connectivity index (χ4v) is 5.80. The molecule has 0 saturated carbocycles. The van der Waals surface area contributed by atoms with Crippen LogP contribution in [0.3, 0.4) is 0 Å². The van der Waals surface area contributed by atoms with E-state index in [0.717, 1.165) is 62.1 Å². The molecule has 0 saturated heterocycles. The van der Waals surface area contributed by atoms with E-state index in [4.69, 9.17) is 24.4 Å². The van der Waals surface area contributed by atoms with Crippen LogP contribution in [0.2, 0.25) is 0 Å². The Morgan fingerprint density at radius 2 is 1.97 bits per heavy atom. The van der Waals surface area contributed by atoms with Crippen LogP contribution in [0, 0.1) is 0 Å². The minimum Gasteiger partial charge on any atom is -0.385 e. The molecule has 0 bridgehead atoms. The zero-order chi connectivity index (χ0) is 23.0. The Morgan fingerprint density at radius 3 is 2.73 bits per heavy atom. The summed E-state index contributed by atoms with van der Waals surface area (Å²) in [5.41, 5.74) is 5.35. The molecule has 33 heavy (non-hydrogen) atoms. The number of fused-ring (bicyclic) bond motifs is 5. The molecule has 0 radical (unpaired) electrons. The van der Waals surface area contributed by atoms with E-state index in [-0.39, 0.29) is 5.60 Å². The van der Waals surface area contributed by atoms with Gasteiger partial charge in [-0.15, -0.1) is 11.3 Å². The number of rotatable bonds is 7. The van der Waals surface area contributed by atoms with Crippen molar-refractivity contribution in [3.63, 3.8) is 0 Å². The molecule has 0 unspecified atom stereocenters. The van der Waals surface area contributed by atoms with E-state index in [2.05, 4.69) is 43.4 Å². The normalized spacial score (nSPS) is 15.2. The quantitative estimate of drug-likeness (QED) is 0.200. The Kier molecular flexibility index (Phi) is 6.26. The highest BCUT2D eigenvalue weighted by atomic mass is 32.2. The van der Waals surface area contributed by atoms with E-state index in [9.17, 15) is 0 Å². The number of hydrogen-bond acceptors (Lipinski definition) is 8. The lowest BCUT2D eigenvalue weighted by Gasteiger charge is -2.33. The molecule has 5 rings (SSSR count). The molecule has 4 heterocycles. The minimum atomic E-state index is -0.236. The van der Waals surface area contributed by atoms with Crippen LogP contribution in [0.15, 0.2) is 35.5 Å². The number of ether oxygens (including phenoxy) is 2. The number of nitrogens with one attached hydrogen (secondary N) is 1. The van der Waals surface area contributed by atoms with Gasteiger partial charge in [0.25, 0.3) is 0 Å². The van der Waals surface area contributed by atoms with Gasteiger partial charge in [-0.1, -0.05) is 42.1 Å². The lowest BCUT2D eigenvalue weighted by molar-refractivity contribution is -0.0394. The summed E-state index contributed by atoms with van der Waals surface area (Å²) in [5, 5.41) is 5.43. The molecule has 1 aliphatic rings. The minimum absolute atomic E-state index is 0.236. The molecule has 0 fully saturated rings. The first-order valence-corrected chi connectivity index (χ1v) is 13.2. The van der Waals surface area contributed by atoms with Crippen LogP contribution in [0.5, 0.6) is 0 Å². The number of nitrogens with zero attached hydrogens (tertiary/aromatic N) is 3. The molecular weight excluding hydrogens is 452 g/mol. The lowest BCUT2D eigenvalue weighted by atomic mass is 9.88. The van der Waals surface area contributed by atoms with E-state index in [0.29, 0.717) is 13.2 Å². The second-order valence-corrected chi connectivity index (χ2v) is 10.6. The van der Waals surface area contributed by atoms with Gasteiger partial charge < -0.3 is 14.8 Å². The van der Waals surface area contributed by atoms with Gasteiger partial charge in [-0.3, -0.25) is 0 Å². The fraction of sp³-hybridized carbons (Fsp3) is 0.400. The maximum absolute atomic E-state index is 6.24.